The van der Waals surface area contributed by atoms with E-state index in [1.165, 1.54) is 45.3 Å². The molecule has 3 nitrogen and oxygen atoms in total. The number of rotatable bonds is 4. The Labute approximate surface area is 132 Å². The Balaban J connectivity index is 2.10. The van der Waals surface area contributed by atoms with Crippen LogP contribution in [0.3, 0.4) is 0 Å². The summed E-state index contributed by atoms with van der Waals surface area (Å²) in [6, 6.07) is 2.09. The first-order valence-corrected chi connectivity index (χ1v) is 9.00. The average molecular weight is 296 g/mol. The van der Waals surface area contributed by atoms with Crippen LogP contribution in [0.5, 0.6) is 0 Å². The van der Waals surface area contributed by atoms with Crippen molar-refractivity contribution >= 4 is 0 Å². The fourth-order valence-electron chi connectivity index (χ4n) is 4.49. The number of hydrogen-bond donors (Lipinski definition) is 1. The molecule has 0 radical (unpaired) electrons. The van der Waals surface area contributed by atoms with Crippen molar-refractivity contribution in [3.05, 3.63) is 0 Å². The maximum absolute atomic E-state index is 3.62. The zero-order valence-electron chi connectivity index (χ0n) is 15.2. The number of likely N-dealkylation sites (N-methyl/N-ethyl adjacent to an activating group) is 2. The zero-order valence-corrected chi connectivity index (χ0v) is 15.2. The molecular weight excluding hydrogens is 258 g/mol. The topological polar surface area (TPSA) is 18.5 Å². The molecule has 21 heavy (non-hydrogen) atoms. The van der Waals surface area contributed by atoms with Crippen LogP contribution in [0, 0.1) is 11.3 Å². The van der Waals surface area contributed by atoms with Crippen LogP contribution in [0.15, 0.2) is 0 Å². The largest absolute Gasteiger partial charge is 0.315 e. The van der Waals surface area contributed by atoms with Gasteiger partial charge in [-0.25, -0.2) is 0 Å². The maximum Gasteiger partial charge on any atom is 0.0255 e. The quantitative estimate of drug-likeness (QED) is 0.860. The maximum atomic E-state index is 3.62. The van der Waals surface area contributed by atoms with Gasteiger partial charge >= 0.3 is 0 Å². The zero-order chi connectivity index (χ0) is 15.6. The Morgan fingerprint density at radius 1 is 1.19 bits per heavy atom. The number of nitrogens with zero attached hydrogens (tertiary/aromatic N) is 2. The summed E-state index contributed by atoms with van der Waals surface area (Å²) in [6.45, 7) is 13.4. The molecule has 0 bridgehead atoms. The summed E-state index contributed by atoms with van der Waals surface area (Å²) in [5, 5.41) is 3.62. The smallest absolute Gasteiger partial charge is 0.0255 e. The van der Waals surface area contributed by atoms with Crippen molar-refractivity contribution < 1.29 is 0 Å². The van der Waals surface area contributed by atoms with Gasteiger partial charge in [-0.2, -0.15) is 0 Å². The third-order valence-corrected chi connectivity index (χ3v) is 6.51. The van der Waals surface area contributed by atoms with Crippen LogP contribution in [-0.4, -0.2) is 61.7 Å². The molecule has 1 saturated carbocycles. The van der Waals surface area contributed by atoms with Gasteiger partial charge in [0.2, 0.25) is 0 Å². The molecule has 0 aromatic heterocycles. The minimum atomic E-state index is 0.493. The van der Waals surface area contributed by atoms with E-state index < -0.39 is 0 Å². The SMILES string of the molecule is CCC(C)(C)C1CCC(NC)C(N2CCN(C)CC2C)C1. The van der Waals surface area contributed by atoms with E-state index in [9.17, 15) is 0 Å². The van der Waals surface area contributed by atoms with E-state index in [1.807, 2.05) is 0 Å². The first-order valence-electron chi connectivity index (χ1n) is 9.00. The van der Waals surface area contributed by atoms with Crippen molar-refractivity contribution in [2.45, 2.75) is 71.5 Å². The average Bonchev–Trinajstić information content (AvgIpc) is 2.46. The summed E-state index contributed by atoms with van der Waals surface area (Å²) in [5.41, 5.74) is 0.493. The highest BCUT2D eigenvalue weighted by atomic mass is 15.3. The molecule has 4 unspecified atom stereocenters. The Kier molecular flexibility index (Phi) is 5.72. The van der Waals surface area contributed by atoms with Gasteiger partial charge in [-0.05, 0) is 51.6 Å². The van der Waals surface area contributed by atoms with Crippen molar-refractivity contribution in [1.29, 1.82) is 0 Å². The minimum Gasteiger partial charge on any atom is -0.315 e. The van der Waals surface area contributed by atoms with Crippen molar-refractivity contribution in [3.8, 4) is 0 Å². The van der Waals surface area contributed by atoms with Crippen LogP contribution in [0.2, 0.25) is 0 Å². The molecule has 0 aromatic carbocycles. The molecule has 1 N–H and O–H groups in total. The third-order valence-electron chi connectivity index (χ3n) is 6.51. The molecule has 2 aliphatic rings. The number of nitrogens with one attached hydrogen (secondary N) is 1. The van der Waals surface area contributed by atoms with Gasteiger partial charge in [0, 0.05) is 37.8 Å². The van der Waals surface area contributed by atoms with E-state index in [1.54, 1.807) is 0 Å². The highest BCUT2D eigenvalue weighted by Crippen LogP contribution is 2.42. The van der Waals surface area contributed by atoms with Gasteiger partial charge in [0.15, 0.2) is 0 Å². The first kappa shape index (κ1) is 17.2. The molecule has 2 rings (SSSR count). The van der Waals surface area contributed by atoms with Crippen LogP contribution in [0.4, 0.5) is 0 Å². The summed E-state index contributed by atoms with van der Waals surface area (Å²) in [6.07, 6.45) is 5.41. The number of piperazine rings is 1. The second-order valence-electron chi connectivity index (χ2n) is 8.16. The van der Waals surface area contributed by atoms with Crippen LogP contribution in [0.25, 0.3) is 0 Å². The van der Waals surface area contributed by atoms with Crippen molar-refractivity contribution in [2.24, 2.45) is 11.3 Å². The van der Waals surface area contributed by atoms with Gasteiger partial charge in [-0.1, -0.05) is 27.2 Å². The van der Waals surface area contributed by atoms with Crippen molar-refractivity contribution in [3.63, 3.8) is 0 Å². The molecule has 1 heterocycles. The molecule has 3 heteroatoms. The highest BCUT2D eigenvalue weighted by Gasteiger charge is 2.41. The third kappa shape index (κ3) is 3.80. The van der Waals surface area contributed by atoms with E-state index in [4.69, 9.17) is 0 Å². The molecular formula is C18H37N3. The lowest BCUT2D eigenvalue weighted by molar-refractivity contribution is 0.000187. The summed E-state index contributed by atoms with van der Waals surface area (Å²) in [7, 11) is 4.41. The molecule has 1 saturated heterocycles. The fraction of sp³-hybridized carbons (Fsp3) is 1.00. The van der Waals surface area contributed by atoms with Crippen molar-refractivity contribution in [2.75, 3.05) is 33.7 Å². The summed E-state index contributed by atoms with van der Waals surface area (Å²) in [5.74, 6) is 0.879. The Morgan fingerprint density at radius 2 is 1.90 bits per heavy atom. The molecule has 1 aliphatic heterocycles. The van der Waals surface area contributed by atoms with Crippen LogP contribution in [0.1, 0.15) is 53.4 Å². The lowest BCUT2D eigenvalue weighted by Gasteiger charge is -2.51. The Bertz CT molecular complexity index is 328. The summed E-state index contributed by atoms with van der Waals surface area (Å²) in [4.78, 5) is 5.28. The van der Waals surface area contributed by atoms with E-state index >= 15 is 0 Å². The van der Waals surface area contributed by atoms with E-state index in [0.29, 0.717) is 17.5 Å². The molecule has 4 atom stereocenters. The monoisotopic (exact) mass is 295 g/mol. The molecule has 124 valence electrons. The van der Waals surface area contributed by atoms with Crippen molar-refractivity contribution in [1.82, 2.24) is 15.1 Å². The standard InChI is InChI=1S/C18H37N3/c1-7-18(3,4)15-8-9-16(19-5)17(12-15)21-11-10-20(6)13-14(21)2/h14-17,19H,7-13H2,1-6H3. The van der Waals surface area contributed by atoms with Crippen LogP contribution >= 0.6 is 0 Å². The first-order chi connectivity index (χ1) is 9.89. The summed E-state index contributed by atoms with van der Waals surface area (Å²) < 4.78 is 0. The van der Waals surface area contributed by atoms with Crippen LogP contribution < -0.4 is 5.32 Å². The Hall–Kier alpha value is -0.120. The van der Waals surface area contributed by atoms with Gasteiger partial charge in [0.1, 0.15) is 0 Å². The second-order valence-corrected chi connectivity index (χ2v) is 8.16. The normalized spacial score (nSPS) is 36.9. The predicted molar refractivity (Wildman–Crippen MR) is 91.7 cm³/mol. The van der Waals surface area contributed by atoms with E-state index in [0.717, 1.165) is 12.0 Å². The van der Waals surface area contributed by atoms with Gasteiger partial charge < -0.3 is 10.2 Å². The van der Waals surface area contributed by atoms with Gasteiger partial charge in [0.05, 0.1) is 0 Å². The molecule has 0 aromatic rings. The predicted octanol–water partition coefficient (Wildman–Crippen LogP) is 2.82. The van der Waals surface area contributed by atoms with E-state index in [2.05, 4.69) is 56.9 Å². The lowest BCUT2D eigenvalue weighted by atomic mass is 9.67. The van der Waals surface area contributed by atoms with Gasteiger partial charge in [-0.3, -0.25) is 4.90 Å². The molecule has 0 spiro atoms. The fourth-order valence-corrected chi connectivity index (χ4v) is 4.49. The minimum absolute atomic E-state index is 0.493. The molecule has 1 aliphatic carbocycles. The number of hydrogen-bond acceptors (Lipinski definition) is 3. The van der Waals surface area contributed by atoms with Crippen LogP contribution in [-0.2, 0) is 0 Å². The Morgan fingerprint density at radius 3 is 2.48 bits per heavy atom. The second kappa shape index (κ2) is 6.97. The molecule has 0 amide bonds. The van der Waals surface area contributed by atoms with Gasteiger partial charge in [-0.15, -0.1) is 0 Å². The summed E-state index contributed by atoms with van der Waals surface area (Å²) >= 11 is 0. The van der Waals surface area contributed by atoms with E-state index in [-0.39, 0.29) is 0 Å². The molecule has 2 fully saturated rings. The lowest BCUT2D eigenvalue weighted by Crippen LogP contribution is -2.61. The van der Waals surface area contributed by atoms with Gasteiger partial charge in [0.25, 0.3) is 0 Å². The highest BCUT2D eigenvalue weighted by molar-refractivity contribution is 4.97.